The lowest BCUT2D eigenvalue weighted by molar-refractivity contribution is 0.487. The van der Waals surface area contributed by atoms with Gasteiger partial charge in [0.15, 0.2) is 5.58 Å². The molecular weight excluding hydrogens is 284 g/mol. The number of fused-ring (bicyclic) bond motifs is 1. The number of oxazole rings is 1. The maximum atomic E-state index is 11.7. The Morgan fingerprint density at radius 2 is 2.00 bits per heavy atom. The Balaban J connectivity index is 2.17. The molecule has 2 aromatic heterocycles. The summed E-state index contributed by atoms with van der Waals surface area (Å²) in [5, 5.41) is 0. The van der Waals surface area contributed by atoms with Gasteiger partial charge in [-0.1, -0.05) is 15.9 Å². The highest BCUT2D eigenvalue weighted by molar-refractivity contribution is 9.10. The average Bonchev–Trinajstić information content (AvgIpc) is 2.90. The first-order valence-corrected chi connectivity index (χ1v) is 5.93. The second-order valence-electron chi connectivity index (χ2n) is 3.75. The number of hydrogen-bond acceptors (Lipinski definition) is 2. The van der Waals surface area contributed by atoms with Crippen LogP contribution in [0, 0.1) is 0 Å². The van der Waals surface area contributed by atoms with E-state index in [1.165, 1.54) is 0 Å². The molecule has 0 saturated carbocycles. The minimum atomic E-state index is -0.341. The van der Waals surface area contributed by atoms with Gasteiger partial charge in [0.05, 0.1) is 5.52 Å². The van der Waals surface area contributed by atoms with Gasteiger partial charge in [-0.3, -0.25) is 4.57 Å². The molecule has 4 nitrogen and oxygen atoms in total. The second kappa shape index (κ2) is 3.92. The molecule has 86 valence electrons. The van der Waals surface area contributed by atoms with E-state index in [0.717, 1.165) is 9.99 Å². The average molecular weight is 293 g/mol. The zero-order valence-electron chi connectivity index (χ0n) is 8.84. The van der Waals surface area contributed by atoms with Crippen molar-refractivity contribution < 1.29 is 4.42 Å². The lowest BCUT2D eigenvalue weighted by Gasteiger charge is -2.03. The summed E-state index contributed by atoms with van der Waals surface area (Å²) in [5.74, 6) is -0.341. The molecule has 5 heteroatoms. The smallest absolute Gasteiger partial charge is 0.408 e. The molecule has 3 rings (SSSR count). The highest BCUT2D eigenvalue weighted by Crippen LogP contribution is 2.18. The van der Waals surface area contributed by atoms with E-state index in [0.29, 0.717) is 12.3 Å². The van der Waals surface area contributed by atoms with Crippen LogP contribution in [0.1, 0.15) is 0 Å². The summed E-state index contributed by atoms with van der Waals surface area (Å²) in [5.41, 5.74) is 1.39. The molecule has 0 aliphatic rings. The fraction of sp³-hybridized carbons (Fsp3) is 0.0833. The van der Waals surface area contributed by atoms with Gasteiger partial charge in [-0.2, -0.15) is 0 Å². The molecule has 0 atom stereocenters. The lowest BCUT2D eigenvalue weighted by atomic mass is 10.3. The van der Waals surface area contributed by atoms with Crippen LogP contribution in [0.4, 0.5) is 0 Å². The third-order valence-electron chi connectivity index (χ3n) is 2.60. The van der Waals surface area contributed by atoms with E-state index in [2.05, 4.69) is 15.9 Å². The van der Waals surface area contributed by atoms with Crippen molar-refractivity contribution in [3.05, 3.63) is 57.7 Å². The first kappa shape index (κ1) is 10.4. The monoisotopic (exact) mass is 292 g/mol. The van der Waals surface area contributed by atoms with Crippen molar-refractivity contribution in [1.82, 2.24) is 9.13 Å². The lowest BCUT2D eigenvalue weighted by Crippen LogP contribution is -2.18. The zero-order chi connectivity index (χ0) is 11.8. The summed E-state index contributed by atoms with van der Waals surface area (Å²) in [7, 11) is 0. The van der Waals surface area contributed by atoms with E-state index in [4.69, 9.17) is 4.42 Å². The van der Waals surface area contributed by atoms with Crippen LogP contribution < -0.4 is 5.76 Å². The van der Waals surface area contributed by atoms with E-state index in [1.54, 1.807) is 10.6 Å². The van der Waals surface area contributed by atoms with Gasteiger partial charge in [0.25, 0.3) is 0 Å². The first-order chi connectivity index (χ1) is 8.24. The number of hydrogen-bond donors (Lipinski definition) is 0. The maximum absolute atomic E-state index is 11.7. The van der Waals surface area contributed by atoms with Gasteiger partial charge < -0.3 is 8.98 Å². The summed E-state index contributed by atoms with van der Waals surface area (Å²) in [6, 6.07) is 9.36. The third kappa shape index (κ3) is 1.82. The van der Waals surface area contributed by atoms with Crippen molar-refractivity contribution in [1.29, 1.82) is 0 Å². The number of rotatable bonds is 2. The van der Waals surface area contributed by atoms with Gasteiger partial charge in [0, 0.05) is 16.9 Å². The predicted molar refractivity (Wildman–Crippen MR) is 68.0 cm³/mol. The molecule has 0 unspecified atom stereocenters. The van der Waals surface area contributed by atoms with Crippen molar-refractivity contribution in [3.8, 4) is 0 Å². The van der Waals surface area contributed by atoms with Gasteiger partial charge in [0.1, 0.15) is 6.67 Å². The van der Waals surface area contributed by atoms with E-state index in [1.807, 2.05) is 41.2 Å². The van der Waals surface area contributed by atoms with Crippen LogP contribution in [-0.4, -0.2) is 9.13 Å². The van der Waals surface area contributed by atoms with E-state index in [9.17, 15) is 4.79 Å². The number of aromatic nitrogens is 2. The van der Waals surface area contributed by atoms with E-state index < -0.39 is 0 Å². The Bertz CT molecular complexity index is 710. The molecule has 0 aliphatic heterocycles. The van der Waals surface area contributed by atoms with Crippen LogP contribution in [0.15, 0.2) is 56.4 Å². The molecule has 0 fully saturated rings. The number of halogens is 1. The Labute approximate surface area is 105 Å². The topological polar surface area (TPSA) is 40.1 Å². The van der Waals surface area contributed by atoms with Crippen LogP contribution >= 0.6 is 15.9 Å². The molecule has 3 aromatic rings. The van der Waals surface area contributed by atoms with Gasteiger partial charge in [0.2, 0.25) is 0 Å². The number of nitrogens with zero attached hydrogens (tertiary/aromatic N) is 2. The Morgan fingerprint density at radius 3 is 2.76 bits per heavy atom. The van der Waals surface area contributed by atoms with Crippen molar-refractivity contribution in [2.75, 3.05) is 0 Å². The zero-order valence-corrected chi connectivity index (χ0v) is 10.4. The Kier molecular flexibility index (Phi) is 2.40. The fourth-order valence-electron chi connectivity index (χ4n) is 1.80. The van der Waals surface area contributed by atoms with E-state index >= 15 is 0 Å². The van der Waals surface area contributed by atoms with Gasteiger partial charge in [-0.25, -0.2) is 4.79 Å². The summed E-state index contributed by atoms with van der Waals surface area (Å²) in [6.45, 7) is 0.454. The molecule has 2 heterocycles. The van der Waals surface area contributed by atoms with E-state index in [-0.39, 0.29) is 5.76 Å². The molecule has 1 aromatic carbocycles. The van der Waals surface area contributed by atoms with Crippen LogP contribution in [0.25, 0.3) is 11.1 Å². The van der Waals surface area contributed by atoms with Gasteiger partial charge in [-0.05, 0) is 30.3 Å². The van der Waals surface area contributed by atoms with Crippen LogP contribution in [0.2, 0.25) is 0 Å². The second-order valence-corrected chi connectivity index (χ2v) is 4.66. The standard InChI is InChI=1S/C12H9BrN2O2/c13-9-3-4-11-10(7-9)15(12(16)17-11)8-14-5-1-2-6-14/h1-7H,8H2. The SMILES string of the molecule is O=c1oc2ccc(Br)cc2n1Cn1cccc1. The van der Waals surface area contributed by atoms with Crippen molar-refractivity contribution >= 4 is 27.0 Å². The van der Waals surface area contributed by atoms with Crippen LogP contribution in [0.5, 0.6) is 0 Å². The van der Waals surface area contributed by atoms with Gasteiger partial charge in [-0.15, -0.1) is 0 Å². The third-order valence-corrected chi connectivity index (χ3v) is 3.09. The molecule has 0 radical (unpaired) electrons. The van der Waals surface area contributed by atoms with Crippen molar-refractivity contribution in [2.24, 2.45) is 0 Å². The van der Waals surface area contributed by atoms with Crippen LogP contribution in [0.3, 0.4) is 0 Å². The molecular formula is C12H9BrN2O2. The van der Waals surface area contributed by atoms with Crippen molar-refractivity contribution in [3.63, 3.8) is 0 Å². The summed E-state index contributed by atoms with van der Waals surface area (Å²) in [6.07, 6.45) is 3.81. The largest absolute Gasteiger partial charge is 0.421 e. The molecule has 0 bridgehead atoms. The minimum Gasteiger partial charge on any atom is -0.408 e. The molecule has 17 heavy (non-hydrogen) atoms. The van der Waals surface area contributed by atoms with Crippen molar-refractivity contribution in [2.45, 2.75) is 6.67 Å². The van der Waals surface area contributed by atoms with Gasteiger partial charge >= 0.3 is 5.76 Å². The fourth-order valence-corrected chi connectivity index (χ4v) is 2.15. The minimum absolute atomic E-state index is 0.341. The van der Waals surface area contributed by atoms with Crippen LogP contribution in [-0.2, 0) is 6.67 Å². The first-order valence-electron chi connectivity index (χ1n) is 5.14. The quantitative estimate of drug-likeness (QED) is 0.728. The molecule has 0 aliphatic carbocycles. The Hall–Kier alpha value is -1.75. The molecule has 0 N–H and O–H groups in total. The Morgan fingerprint density at radius 1 is 1.24 bits per heavy atom. The molecule has 0 spiro atoms. The molecule has 0 saturated heterocycles. The normalized spacial score (nSPS) is 11.1. The summed E-state index contributed by atoms with van der Waals surface area (Å²) in [4.78, 5) is 11.7. The highest BCUT2D eigenvalue weighted by atomic mass is 79.9. The summed E-state index contributed by atoms with van der Waals surface area (Å²) >= 11 is 3.39. The predicted octanol–water partition coefficient (Wildman–Crippen LogP) is 2.66. The highest BCUT2D eigenvalue weighted by Gasteiger charge is 2.09. The molecule has 0 amide bonds. The summed E-state index contributed by atoms with van der Waals surface area (Å²) < 4.78 is 9.61. The number of benzene rings is 1. The maximum Gasteiger partial charge on any atom is 0.421 e.